The quantitative estimate of drug-likeness (QED) is 0.681. The lowest BCUT2D eigenvalue weighted by Gasteiger charge is -2.37. The van der Waals surface area contributed by atoms with E-state index in [-0.39, 0.29) is 18.9 Å². The molecule has 0 aliphatic carbocycles. The zero-order valence-corrected chi connectivity index (χ0v) is 16.3. The molecule has 4 rings (SSSR count). The van der Waals surface area contributed by atoms with Gasteiger partial charge < -0.3 is 24.1 Å². The van der Waals surface area contributed by atoms with Crippen molar-refractivity contribution in [3.8, 4) is 5.88 Å². The molecular formula is C20H20N2O8. The molecule has 0 unspecified atom stereocenters. The zero-order chi connectivity index (χ0) is 21.5. The van der Waals surface area contributed by atoms with Crippen molar-refractivity contribution >= 4 is 11.9 Å². The molecule has 0 radical (unpaired) electrons. The summed E-state index contributed by atoms with van der Waals surface area (Å²) < 4.78 is 22.7. The molecule has 10 nitrogen and oxygen atoms in total. The molecule has 2 aliphatic rings. The highest BCUT2D eigenvalue weighted by atomic mass is 16.6. The Kier molecular flexibility index (Phi) is 5.04. The van der Waals surface area contributed by atoms with E-state index in [4.69, 9.17) is 18.9 Å². The number of carbonyl (C=O) groups excluding carboxylic acids is 2. The van der Waals surface area contributed by atoms with Crippen molar-refractivity contribution < 1.29 is 33.6 Å². The van der Waals surface area contributed by atoms with Crippen molar-refractivity contribution in [2.75, 3.05) is 13.7 Å². The normalized spacial score (nSPS) is 26.6. The van der Waals surface area contributed by atoms with Crippen LogP contribution in [0.3, 0.4) is 0 Å². The summed E-state index contributed by atoms with van der Waals surface area (Å²) in [6.45, 7) is 0.892. The van der Waals surface area contributed by atoms with Gasteiger partial charge in [0.05, 0.1) is 12.7 Å². The van der Waals surface area contributed by atoms with Crippen LogP contribution in [0, 0.1) is 0 Å². The number of aromatic nitrogens is 2. The van der Waals surface area contributed by atoms with E-state index in [0.29, 0.717) is 11.3 Å². The van der Waals surface area contributed by atoms with Gasteiger partial charge in [-0.25, -0.2) is 9.59 Å². The molecule has 1 saturated heterocycles. The summed E-state index contributed by atoms with van der Waals surface area (Å²) in [5, 5.41) is 11.4. The predicted octanol–water partition coefficient (Wildman–Crippen LogP) is 0.225. The molecule has 1 fully saturated rings. The van der Waals surface area contributed by atoms with Crippen LogP contribution < -0.4 is 10.4 Å². The van der Waals surface area contributed by atoms with E-state index in [1.165, 1.54) is 24.7 Å². The van der Waals surface area contributed by atoms with Crippen molar-refractivity contribution in [1.29, 1.82) is 0 Å². The first-order valence-corrected chi connectivity index (χ1v) is 9.27. The Morgan fingerprint density at radius 1 is 1.33 bits per heavy atom. The van der Waals surface area contributed by atoms with E-state index < -0.39 is 41.7 Å². The molecule has 4 atom stereocenters. The minimum absolute atomic E-state index is 0.0900. The summed E-state index contributed by atoms with van der Waals surface area (Å²) in [6, 6.07) is 9.86. The van der Waals surface area contributed by atoms with Crippen LogP contribution in [-0.2, 0) is 25.4 Å². The second-order valence-corrected chi connectivity index (χ2v) is 7.12. The van der Waals surface area contributed by atoms with Crippen LogP contribution >= 0.6 is 0 Å². The molecule has 2 aromatic rings. The second-order valence-electron chi connectivity index (χ2n) is 7.12. The summed E-state index contributed by atoms with van der Waals surface area (Å²) in [4.78, 5) is 40.2. The molecular weight excluding hydrogens is 396 g/mol. The van der Waals surface area contributed by atoms with E-state index in [1.807, 2.05) is 0 Å². The number of fused-ring (bicyclic) bond motifs is 4. The minimum atomic E-state index is -1.72. The molecule has 3 heterocycles. The van der Waals surface area contributed by atoms with Gasteiger partial charge in [-0.15, -0.1) is 0 Å². The van der Waals surface area contributed by atoms with Crippen LogP contribution in [0.5, 0.6) is 5.88 Å². The van der Waals surface area contributed by atoms with Crippen molar-refractivity contribution in [3.63, 3.8) is 0 Å². The zero-order valence-electron chi connectivity index (χ0n) is 16.3. The summed E-state index contributed by atoms with van der Waals surface area (Å²) in [5.74, 6) is -1.15. The minimum Gasteiger partial charge on any atom is -0.481 e. The maximum absolute atomic E-state index is 12.5. The summed E-state index contributed by atoms with van der Waals surface area (Å²) in [6.07, 6.45) is -3.42. The van der Waals surface area contributed by atoms with E-state index in [1.54, 1.807) is 30.3 Å². The third-order valence-corrected chi connectivity index (χ3v) is 5.22. The van der Waals surface area contributed by atoms with Gasteiger partial charge in [0.1, 0.15) is 18.3 Å². The molecule has 10 heteroatoms. The number of hydrogen-bond acceptors (Lipinski definition) is 9. The first-order chi connectivity index (χ1) is 14.3. The van der Waals surface area contributed by atoms with Crippen LogP contribution in [0.1, 0.15) is 29.2 Å². The molecule has 2 bridgehead atoms. The highest BCUT2D eigenvalue weighted by Gasteiger charge is 2.62. The van der Waals surface area contributed by atoms with E-state index >= 15 is 0 Å². The first kappa shape index (κ1) is 20.0. The summed E-state index contributed by atoms with van der Waals surface area (Å²) in [5.41, 5.74) is -1.64. The third kappa shape index (κ3) is 3.33. The number of methoxy groups -OCH3 is 1. The largest absolute Gasteiger partial charge is 0.481 e. The van der Waals surface area contributed by atoms with E-state index in [0.717, 1.165) is 0 Å². The molecule has 158 valence electrons. The van der Waals surface area contributed by atoms with Gasteiger partial charge in [-0.3, -0.25) is 9.36 Å². The number of ether oxygens (including phenoxy) is 4. The SMILES string of the molecule is COc1cc2n(c(=O)n1)[C@@H]1O[C@H](COC(=O)c3ccccc3)[C@@](O)(C2)[C@H]1OC(C)=O. The van der Waals surface area contributed by atoms with Crippen LogP contribution in [0.25, 0.3) is 0 Å². The van der Waals surface area contributed by atoms with E-state index in [2.05, 4.69) is 4.98 Å². The Morgan fingerprint density at radius 2 is 2.07 bits per heavy atom. The summed E-state index contributed by atoms with van der Waals surface area (Å²) >= 11 is 0. The lowest BCUT2D eigenvalue weighted by atomic mass is 9.84. The Morgan fingerprint density at radius 3 is 2.73 bits per heavy atom. The number of carbonyl (C=O) groups is 2. The number of nitrogens with zero attached hydrogens (tertiary/aromatic N) is 2. The van der Waals surface area contributed by atoms with Crippen LogP contribution in [0.2, 0.25) is 0 Å². The van der Waals surface area contributed by atoms with Crippen LogP contribution in [0.15, 0.2) is 41.2 Å². The maximum Gasteiger partial charge on any atom is 0.353 e. The molecule has 30 heavy (non-hydrogen) atoms. The first-order valence-electron chi connectivity index (χ1n) is 9.27. The number of rotatable bonds is 5. The second kappa shape index (κ2) is 7.54. The van der Waals surface area contributed by atoms with Gasteiger partial charge >= 0.3 is 17.6 Å². The molecule has 0 amide bonds. The lowest BCUT2D eigenvalue weighted by Crippen LogP contribution is -2.56. The average Bonchev–Trinajstić information content (AvgIpc) is 2.89. The number of hydrogen-bond donors (Lipinski definition) is 1. The fourth-order valence-electron chi connectivity index (χ4n) is 3.85. The van der Waals surface area contributed by atoms with Crippen molar-refractivity contribution in [2.24, 2.45) is 0 Å². The van der Waals surface area contributed by atoms with Gasteiger partial charge in [0.25, 0.3) is 0 Å². The fraction of sp³-hybridized carbons (Fsp3) is 0.400. The lowest BCUT2D eigenvalue weighted by molar-refractivity contribution is -0.167. The van der Waals surface area contributed by atoms with Gasteiger partial charge in [-0.05, 0) is 12.1 Å². The Bertz CT molecular complexity index is 1040. The molecule has 0 spiro atoms. The average molecular weight is 416 g/mol. The topological polar surface area (TPSA) is 126 Å². The third-order valence-electron chi connectivity index (χ3n) is 5.22. The Balaban J connectivity index is 1.63. The number of benzene rings is 1. The van der Waals surface area contributed by atoms with Crippen molar-refractivity contribution in [2.45, 2.75) is 37.4 Å². The highest BCUT2D eigenvalue weighted by molar-refractivity contribution is 5.89. The predicted molar refractivity (Wildman–Crippen MR) is 99.9 cm³/mol. The molecule has 0 saturated carbocycles. The fourth-order valence-corrected chi connectivity index (χ4v) is 3.85. The smallest absolute Gasteiger partial charge is 0.353 e. The van der Waals surface area contributed by atoms with Crippen molar-refractivity contribution in [3.05, 3.63) is 58.1 Å². The number of aliphatic hydroxyl groups is 1. The Hall–Kier alpha value is -3.24. The van der Waals surface area contributed by atoms with Crippen LogP contribution in [-0.4, -0.2) is 58.1 Å². The van der Waals surface area contributed by atoms with Crippen molar-refractivity contribution in [1.82, 2.24) is 9.55 Å². The number of esters is 2. The molecule has 1 aromatic heterocycles. The highest BCUT2D eigenvalue weighted by Crippen LogP contribution is 2.45. The van der Waals surface area contributed by atoms with E-state index in [9.17, 15) is 19.5 Å². The van der Waals surface area contributed by atoms with Crippen LogP contribution in [0.4, 0.5) is 0 Å². The van der Waals surface area contributed by atoms with Gasteiger partial charge in [0.15, 0.2) is 12.3 Å². The van der Waals surface area contributed by atoms with Gasteiger partial charge in [0.2, 0.25) is 5.88 Å². The van der Waals surface area contributed by atoms with Gasteiger partial charge in [0, 0.05) is 25.1 Å². The Labute approximate surface area is 171 Å². The van der Waals surface area contributed by atoms with Gasteiger partial charge in [-0.2, -0.15) is 4.98 Å². The summed E-state index contributed by atoms with van der Waals surface area (Å²) in [7, 11) is 1.37. The standard InChI is InChI=1S/C20H20N2O8/c1-11(23)29-16-17-22-13(8-15(27-2)21-19(22)25)9-20(16,26)14(30-17)10-28-18(24)12-6-4-3-5-7-12/h3-8,14,16-17,26H,9-10H2,1-2H3/t14-,16+,17-,20+/m1/s1. The van der Waals surface area contributed by atoms with Gasteiger partial charge in [-0.1, -0.05) is 18.2 Å². The molecule has 1 N–H and O–H groups in total. The maximum atomic E-state index is 12.5. The monoisotopic (exact) mass is 416 g/mol. The molecule has 1 aromatic carbocycles. The molecule has 2 aliphatic heterocycles.